The quantitative estimate of drug-likeness (QED) is 0.270. The Labute approximate surface area is 166 Å². The first kappa shape index (κ1) is 22.8. The third-order valence-electron chi connectivity index (χ3n) is 3.43. The lowest BCUT2D eigenvalue weighted by Gasteiger charge is -2.09. The number of esters is 1. The molecular formula is C16H12F3N3O7S. The van der Waals surface area contributed by atoms with Gasteiger partial charge in [0.2, 0.25) is 10.0 Å². The zero-order valence-electron chi connectivity index (χ0n) is 14.7. The van der Waals surface area contributed by atoms with Crippen molar-refractivity contribution < 1.29 is 40.8 Å². The number of hydrogen-bond donors (Lipinski definition) is 2. The molecular weight excluding hydrogens is 435 g/mol. The number of hydrogen-bond acceptors (Lipinski definition) is 7. The van der Waals surface area contributed by atoms with Crippen molar-refractivity contribution in [2.24, 2.45) is 0 Å². The van der Waals surface area contributed by atoms with E-state index in [2.05, 4.69) is 10.1 Å². The fraction of sp³-hybridized carbons (Fsp3) is 0.125. The van der Waals surface area contributed by atoms with E-state index in [1.54, 1.807) is 4.72 Å². The summed E-state index contributed by atoms with van der Waals surface area (Å²) in [4.78, 5) is 32.2. The fourth-order valence-corrected chi connectivity index (χ4v) is 3.11. The molecule has 0 saturated carbocycles. The molecule has 30 heavy (non-hydrogen) atoms. The summed E-state index contributed by atoms with van der Waals surface area (Å²) in [6.07, 6.45) is 0. The van der Waals surface area contributed by atoms with Gasteiger partial charge < -0.3 is 10.1 Å². The Kier molecular flexibility index (Phi) is 7.07. The molecule has 0 aliphatic carbocycles. The van der Waals surface area contributed by atoms with Gasteiger partial charge in [-0.3, -0.25) is 19.7 Å². The zero-order chi connectivity index (χ0) is 22.5. The van der Waals surface area contributed by atoms with Crippen LogP contribution in [0.25, 0.3) is 0 Å². The Bertz CT molecular complexity index is 1110. The molecule has 0 heterocycles. The highest BCUT2D eigenvalue weighted by molar-refractivity contribution is 7.89. The van der Waals surface area contributed by atoms with E-state index in [0.717, 1.165) is 6.07 Å². The Morgan fingerprint density at radius 1 is 1.07 bits per heavy atom. The van der Waals surface area contributed by atoms with Crippen LogP contribution >= 0.6 is 0 Å². The molecule has 0 unspecified atom stereocenters. The van der Waals surface area contributed by atoms with E-state index in [1.807, 2.05) is 0 Å². The number of sulfonamides is 1. The number of halogens is 3. The van der Waals surface area contributed by atoms with Crippen molar-refractivity contribution in [3.05, 3.63) is 64.0 Å². The second-order valence-corrected chi connectivity index (χ2v) is 7.22. The molecule has 2 aromatic rings. The van der Waals surface area contributed by atoms with E-state index in [9.17, 15) is 41.3 Å². The van der Waals surface area contributed by atoms with Crippen molar-refractivity contribution in [3.63, 3.8) is 0 Å². The lowest BCUT2D eigenvalue weighted by atomic mass is 10.2. The van der Waals surface area contributed by atoms with Crippen LogP contribution in [0.1, 0.15) is 0 Å². The molecule has 10 nitrogen and oxygen atoms in total. The van der Waals surface area contributed by atoms with Gasteiger partial charge in [-0.25, -0.2) is 21.6 Å². The molecule has 1 amide bonds. The zero-order valence-corrected chi connectivity index (χ0v) is 15.5. The van der Waals surface area contributed by atoms with Crippen LogP contribution in [0.4, 0.5) is 24.5 Å². The van der Waals surface area contributed by atoms with Crippen molar-refractivity contribution in [1.82, 2.24) is 4.72 Å². The largest absolute Gasteiger partial charge is 0.455 e. The summed E-state index contributed by atoms with van der Waals surface area (Å²) in [7, 11) is -4.74. The maximum absolute atomic E-state index is 13.6. The van der Waals surface area contributed by atoms with Gasteiger partial charge in [-0.05, 0) is 18.2 Å². The van der Waals surface area contributed by atoms with Crippen LogP contribution in [0.15, 0.2) is 41.3 Å². The second kappa shape index (κ2) is 9.32. The van der Waals surface area contributed by atoms with Gasteiger partial charge in [0.15, 0.2) is 24.1 Å². The topological polar surface area (TPSA) is 145 Å². The predicted octanol–water partition coefficient (Wildman–Crippen LogP) is 1.47. The molecule has 0 radical (unpaired) electrons. The number of para-hydroxylation sites is 2. The molecule has 0 fully saturated rings. The normalized spacial score (nSPS) is 11.0. The standard InChI is InChI=1S/C16H12F3N3O7S/c17-9-5-6-12(16(19)15(9)18)30(27,28)20-7-14(24)29-8-13(23)21-10-3-1-2-4-11(10)22(25)26/h1-6,20H,7-8H2,(H,21,23). The van der Waals surface area contributed by atoms with Gasteiger partial charge in [0, 0.05) is 6.07 Å². The SMILES string of the molecule is O=C(COC(=O)CNS(=O)(=O)c1ccc(F)c(F)c1F)Nc1ccccc1[N+](=O)[O-]. The van der Waals surface area contributed by atoms with Crippen molar-refractivity contribution in [3.8, 4) is 0 Å². The van der Waals surface area contributed by atoms with Gasteiger partial charge in [0.25, 0.3) is 11.6 Å². The van der Waals surface area contributed by atoms with Crippen LogP contribution in [0.2, 0.25) is 0 Å². The molecule has 0 spiro atoms. The first-order valence-electron chi connectivity index (χ1n) is 7.85. The highest BCUT2D eigenvalue weighted by Gasteiger charge is 2.25. The third-order valence-corrected chi connectivity index (χ3v) is 4.85. The summed E-state index contributed by atoms with van der Waals surface area (Å²) >= 11 is 0. The van der Waals surface area contributed by atoms with Crippen molar-refractivity contribution in [2.45, 2.75) is 4.90 Å². The summed E-state index contributed by atoms with van der Waals surface area (Å²) in [5, 5.41) is 13.0. The number of ether oxygens (including phenoxy) is 1. The van der Waals surface area contributed by atoms with E-state index in [-0.39, 0.29) is 5.69 Å². The smallest absolute Gasteiger partial charge is 0.321 e. The highest BCUT2D eigenvalue weighted by Crippen LogP contribution is 2.23. The van der Waals surface area contributed by atoms with Crippen LogP contribution in [-0.4, -0.2) is 38.4 Å². The Morgan fingerprint density at radius 3 is 2.40 bits per heavy atom. The van der Waals surface area contributed by atoms with Crippen LogP contribution < -0.4 is 10.0 Å². The average molecular weight is 447 g/mol. The molecule has 2 aromatic carbocycles. The van der Waals surface area contributed by atoms with E-state index in [0.29, 0.717) is 12.1 Å². The maximum Gasteiger partial charge on any atom is 0.321 e. The number of nitro groups is 1. The van der Waals surface area contributed by atoms with E-state index in [4.69, 9.17) is 0 Å². The van der Waals surface area contributed by atoms with Gasteiger partial charge in [-0.1, -0.05) is 12.1 Å². The van der Waals surface area contributed by atoms with Gasteiger partial charge in [0.1, 0.15) is 17.1 Å². The maximum atomic E-state index is 13.6. The Morgan fingerprint density at radius 2 is 1.73 bits per heavy atom. The van der Waals surface area contributed by atoms with Crippen LogP contribution in [-0.2, 0) is 24.3 Å². The van der Waals surface area contributed by atoms with Crippen molar-refractivity contribution in [1.29, 1.82) is 0 Å². The van der Waals surface area contributed by atoms with Crippen LogP contribution in [0.5, 0.6) is 0 Å². The average Bonchev–Trinajstić information content (AvgIpc) is 2.69. The molecule has 2 rings (SSSR count). The van der Waals surface area contributed by atoms with E-state index in [1.165, 1.54) is 18.2 Å². The molecule has 0 saturated heterocycles. The summed E-state index contributed by atoms with van der Waals surface area (Å²) in [5.74, 6) is -7.80. The van der Waals surface area contributed by atoms with Gasteiger partial charge in [0.05, 0.1) is 4.92 Å². The number of rotatable bonds is 8. The van der Waals surface area contributed by atoms with Crippen molar-refractivity contribution >= 4 is 33.3 Å². The Balaban J connectivity index is 1.92. The lowest BCUT2D eigenvalue weighted by Crippen LogP contribution is -2.33. The number of anilines is 1. The molecule has 0 aliphatic rings. The minimum absolute atomic E-state index is 0.155. The van der Waals surface area contributed by atoms with Gasteiger partial charge in [-0.15, -0.1) is 0 Å². The molecule has 160 valence electrons. The molecule has 2 N–H and O–H groups in total. The molecule has 0 bridgehead atoms. The number of amides is 1. The van der Waals surface area contributed by atoms with Gasteiger partial charge in [-0.2, -0.15) is 4.72 Å². The second-order valence-electron chi connectivity index (χ2n) is 5.48. The van der Waals surface area contributed by atoms with E-state index < -0.39 is 68.0 Å². The Hall–Kier alpha value is -3.52. The van der Waals surface area contributed by atoms with Gasteiger partial charge >= 0.3 is 5.97 Å². The molecule has 0 aliphatic heterocycles. The summed E-state index contributed by atoms with van der Waals surface area (Å²) < 4.78 is 69.6. The first-order valence-corrected chi connectivity index (χ1v) is 9.33. The minimum Gasteiger partial charge on any atom is -0.455 e. The lowest BCUT2D eigenvalue weighted by molar-refractivity contribution is -0.383. The van der Waals surface area contributed by atoms with E-state index >= 15 is 0 Å². The number of carbonyl (C=O) groups excluding carboxylic acids is 2. The molecule has 14 heteroatoms. The fourth-order valence-electron chi connectivity index (χ4n) is 2.07. The minimum atomic E-state index is -4.74. The number of nitro benzene ring substituents is 1. The highest BCUT2D eigenvalue weighted by atomic mass is 32.2. The van der Waals surface area contributed by atoms with Crippen molar-refractivity contribution in [2.75, 3.05) is 18.5 Å². The molecule has 0 atom stereocenters. The number of nitrogens with zero attached hydrogens (tertiary/aromatic N) is 1. The number of nitrogens with one attached hydrogen (secondary N) is 2. The number of benzene rings is 2. The van der Waals surface area contributed by atoms with Crippen LogP contribution in [0.3, 0.4) is 0 Å². The first-order chi connectivity index (χ1) is 14.0. The molecule has 0 aromatic heterocycles. The van der Waals surface area contributed by atoms with Crippen LogP contribution in [0, 0.1) is 27.6 Å². The summed E-state index contributed by atoms with van der Waals surface area (Å²) in [6, 6.07) is 6.01. The monoisotopic (exact) mass is 447 g/mol. The number of carbonyl (C=O) groups is 2. The predicted molar refractivity (Wildman–Crippen MR) is 94.2 cm³/mol. The third kappa shape index (κ3) is 5.51. The summed E-state index contributed by atoms with van der Waals surface area (Å²) in [5.41, 5.74) is -0.559. The summed E-state index contributed by atoms with van der Waals surface area (Å²) in [6.45, 7) is -1.97.